The fourth-order valence-electron chi connectivity index (χ4n) is 1.85. The largest absolute Gasteiger partial charge is 0.496 e. The zero-order chi connectivity index (χ0) is 12.7. The summed E-state index contributed by atoms with van der Waals surface area (Å²) in [4.78, 5) is 11.9. The van der Waals surface area contributed by atoms with Crippen molar-refractivity contribution in [2.75, 3.05) is 13.7 Å². The Morgan fingerprint density at radius 2 is 2.12 bits per heavy atom. The predicted octanol–water partition coefficient (Wildman–Crippen LogP) is 2.18. The Kier molecular flexibility index (Phi) is 5.70. The first-order valence-electron chi connectivity index (χ1n) is 6.04. The zero-order valence-electron chi connectivity index (χ0n) is 10.6. The zero-order valence-corrected chi connectivity index (χ0v) is 10.6. The molecule has 0 heterocycles. The van der Waals surface area contributed by atoms with E-state index in [0.717, 1.165) is 17.7 Å². The molecule has 0 amide bonds. The first-order chi connectivity index (χ1) is 8.21. The maximum absolute atomic E-state index is 11.9. The lowest BCUT2D eigenvalue weighted by Crippen LogP contribution is -2.18. The van der Waals surface area contributed by atoms with Crippen molar-refractivity contribution in [2.24, 2.45) is 11.7 Å². The number of Topliss-reactive ketones (excluding diaryl/α,β-unsaturated/α-hetero) is 1. The van der Waals surface area contributed by atoms with E-state index >= 15 is 0 Å². The average molecular weight is 235 g/mol. The Morgan fingerprint density at radius 3 is 2.71 bits per heavy atom. The summed E-state index contributed by atoms with van der Waals surface area (Å²) in [6, 6.07) is 7.63. The van der Waals surface area contributed by atoms with Crippen LogP contribution >= 0.6 is 0 Å². The molecule has 0 aliphatic rings. The van der Waals surface area contributed by atoms with Gasteiger partial charge in [0, 0.05) is 18.4 Å². The summed E-state index contributed by atoms with van der Waals surface area (Å²) in [5.74, 6) is 1.31. The lowest BCUT2D eigenvalue weighted by Gasteiger charge is -2.12. The number of para-hydroxylation sites is 1. The van der Waals surface area contributed by atoms with Crippen LogP contribution in [0.3, 0.4) is 0 Å². The molecular formula is C14H21NO2. The van der Waals surface area contributed by atoms with Crippen LogP contribution in [0.5, 0.6) is 5.75 Å². The molecule has 0 aliphatic heterocycles. The SMILES string of the molecule is CCC(CN)CC(=O)Cc1ccccc1OC. The van der Waals surface area contributed by atoms with Gasteiger partial charge in [-0.1, -0.05) is 31.5 Å². The van der Waals surface area contributed by atoms with Crippen molar-refractivity contribution in [3.63, 3.8) is 0 Å². The third-order valence-electron chi connectivity index (χ3n) is 3.01. The van der Waals surface area contributed by atoms with Crippen molar-refractivity contribution in [1.29, 1.82) is 0 Å². The molecule has 0 radical (unpaired) electrons. The van der Waals surface area contributed by atoms with E-state index in [1.165, 1.54) is 0 Å². The van der Waals surface area contributed by atoms with Crippen LogP contribution in [0.4, 0.5) is 0 Å². The third-order valence-corrected chi connectivity index (χ3v) is 3.01. The molecule has 1 rings (SSSR count). The number of ether oxygens (including phenoxy) is 1. The minimum absolute atomic E-state index is 0.229. The summed E-state index contributed by atoms with van der Waals surface area (Å²) < 4.78 is 5.23. The molecule has 3 heteroatoms. The minimum atomic E-state index is 0.229. The summed E-state index contributed by atoms with van der Waals surface area (Å²) >= 11 is 0. The van der Waals surface area contributed by atoms with E-state index in [9.17, 15) is 4.79 Å². The van der Waals surface area contributed by atoms with Crippen molar-refractivity contribution in [1.82, 2.24) is 0 Å². The van der Waals surface area contributed by atoms with Crippen molar-refractivity contribution in [2.45, 2.75) is 26.2 Å². The van der Waals surface area contributed by atoms with Crippen LogP contribution in [0, 0.1) is 5.92 Å². The number of benzene rings is 1. The smallest absolute Gasteiger partial charge is 0.137 e. The minimum Gasteiger partial charge on any atom is -0.496 e. The van der Waals surface area contributed by atoms with Crippen LogP contribution < -0.4 is 10.5 Å². The quantitative estimate of drug-likeness (QED) is 0.788. The predicted molar refractivity (Wildman–Crippen MR) is 69.2 cm³/mol. The molecule has 1 atom stereocenters. The first-order valence-corrected chi connectivity index (χ1v) is 6.04. The summed E-state index contributed by atoms with van der Waals surface area (Å²) in [6.07, 6.45) is 1.94. The summed E-state index contributed by atoms with van der Waals surface area (Å²) in [7, 11) is 1.62. The number of hydrogen-bond donors (Lipinski definition) is 1. The van der Waals surface area contributed by atoms with Crippen LogP contribution in [0.25, 0.3) is 0 Å². The van der Waals surface area contributed by atoms with Crippen LogP contribution in [0.15, 0.2) is 24.3 Å². The van der Waals surface area contributed by atoms with Gasteiger partial charge in [-0.25, -0.2) is 0 Å². The maximum Gasteiger partial charge on any atom is 0.137 e. The molecule has 0 spiro atoms. The van der Waals surface area contributed by atoms with Crippen LogP contribution in [0.1, 0.15) is 25.3 Å². The molecule has 0 saturated carbocycles. The van der Waals surface area contributed by atoms with Gasteiger partial charge in [-0.05, 0) is 18.5 Å². The highest BCUT2D eigenvalue weighted by molar-refractivity contribution is 5.81. The topological polar surface area (TPSA) is 52.3 Å². The standard InChI is InChI=1S/C14H21NO2/c1-3-11(10-15)8-13(16)9-12-6-4-5-7-14(12)17-2/h4-7,11H,3,8-10,15H2,1-2H3. The van der Waals surface area contributed by atoms with Gasteiger partial charge in [0.15, 0.2) is 0 Å². The Hall–Kier alpha value is -1.35. The van der Waals surface area contributed by atoms with Gasteiger partial charge in [-0.3, -0.25) is 4.79 Å². The number of methoxy groups -OCH3 is 1. The highest BCUT2D eigenvalue weighted by Crippen LogP contribution is 2.19. The fraction of sp³-hybridized carbons (Fsp3) is 0.500. The van der Waals surface area contributed by atoms with E-state index in [2.05, 4.69) is 6.92 Å². The van der Waals surface area contributed by atoms with Gasteiger partial charge in [0.25, 0.3) is 0 Å². The lowest BCUT2D eigenvalue weighted by atomic mass is 9.96. The van der Waals surface area contributed by atoms with Gasteiger partial charge >= 0.3 is 0 Å². The Balaban J connectivity index is 2.61. The van der Waals surface area contributed by atoms with Gasteiger partial charge in [-0.15, -0.1) is 0 Å². The van der Waals surface area contributed by atoms with Crippen LogP contribution in [0.2, 0.25) is 0 Å². The number of rotatable bonds is 7. The highest BCUT2D eigenvalue weighted by Gasteiger charge is 2.13. The molecule has 94 valence electrons. The number of carbonyl (C=O) groups is 1. The van der Waals surface area contributed by atoms with Gasteiger partial charge in [0.05, 0.1) is 7.11 Å². The van der Waals surface area contributed by atoms with E-state index in [1.54, 1.807) is 7.11 Å². The van der Waals surface area contributed by atoms with Crippen molar-refractivity contribution in [3.8, 4) is 5.75 Å². The first kappa shape index (κ1) is 13.7. The molecule has 1 aromatic carbocycles. The lowest BCUT2D eigenvalue weighted by molar-refractivity contribution is -0.119. The Labute approximate surface area is 103 Å². The van der Waals surface area contributed by atoms with Crippen LogP contribution in [-0.2, 0) is 11.2 Å². The Morgan fingerprint density at radius 1 is 1.41 bits per heavy atom. The fourth-order valence-corrected chi connectivity index (χ4v) is 1.85. The number of hydrogen-bond acceptors (Lipinski definition) is 3. The molecule has 0 aliphatic carbocycles. The molecule has 1 unspecified atom stereocenters. The summed E-state index contributed by atoms with van der Waals surface area (Å²) in [5, 5.41) is 0. The molecule has 0 saturated heterocycles. The second kappa shape index (κ2) is 7.07. The third kappa shape index (κ3) is 4.19. The average Bonchev–Trinajstić information content (AvgIpc) is 2.36. The molecular weight excluding hydrogens is 214 g/mol. The van der Waals surface area contributed by atoms with E-state index in [4.69, 9.17) is 10.5 Å². The molecule has 17 heavy (non-hydrogen) atoms. The number of carbonyl (C=O) groups excluding carboxylic acids is 1. The van der Waals surface area contributed by atoms with Crippen molar-refractivity contribution in [3.05, 3.63) is 29.8 Å². The van der Waals surface area contributed by atoms with Crippen molar-refractivity contribution >= 4 is 5.78 Å². The molecule has 0 bridgehead atoms. The molecule has 0 fully saturated rings. The van der Waals surface area contributed by atoms with E-state index in [0.29, 0.717) is 25.3 Å². The van der Waals surface area contributed by atoms with Crippen molar-refractivity contribution < 1.29 is 9.53 Å². The molecule has 3 nitrogen and oxygen atoms in total. The number of ketones is 1. The van der Waals surface area contributed by atoms with Gasteiger partial charge < -0.3 is 10.5 Å². The van der Waals surface area contributed by atoms with Crippen LogP contribution in [-0.4, -0.2) is 19.4 Å². The molecule has 1 aromatic rings. The second-order valence-corrected chi connectivity index (χ2v) is 4.24. The monoisotopic (exact) mass is 235 g/mol. The Bertz CT molecular complexity index is 359. The van der Waals surface area contributed by atoms with Gasteiger partial charge in [0.1, 0.15) is 11.5 Å². The van der Waals surface area contributed by atoms with E-state index in [1.807, 2.05) is 24.3 Å². The summed E-state index contributed by atoms with van der Waals surface area (Å²) in [5.41, 5.74) is 6.55. The second-order valence-electron chi connectivity index (χ2n) is 4.24. The maximum atomic E-state index is 11.9. The normalized spacial score (nSPS) is 12.2. The summed E-state index contributed by atoms with van der Waals surface area (Å²) in [6.45, 7) is 2.64. The highest BCUT2D eigenvalue weighted by atomic mass is 16.5. The van der Waals surface area contributed by atoms with E-state index < -0.39 is 0 Å². The van der Waals surface area contributed by atoms with E-state index in [-0.39, 0.29) is 5.78 Å². The van der Waals surface area contributed by atoms with Gasteiger partial charge in [0.2, 0.25) is 0 Å². The van der Waals surface area contributed by atoms with Gasteiger partial charge in [-0.2, -0.15) is 0 Å². The molecule has 2 N–H and O–H groups in total. The number of nitrogens with two attached hydrogens (primary N) is 1. The molecule has 0 aromatic heterocycles.